The van der Waals surface area contributed by atoms with Crippen LogP contribution in [0.15, 0.2) is 54.9 Å². The largest absolute Gasteiger partial charge is 0.314 e. The van der Waals surface area contributed by atoms with Crippen LogP contribution in [0.4, 0.5) is 0 Å². The van der Waals surface area contributed by atoms with Crippen LogP contribution in [0.5, 0.6) is 0 Å². The van der Waals surface area contributed by atoms with Gasteiger partial charge in [-0.25, -0.2) is 0 Å². The lowest BCUT2D eigenvalue weighted by Gasteiger charge is -2.44. The minimum absolute atomic E-state index is 0.0910. The van der Waals surface area contributed by atoms with Crippen molar-refractivity contribution >= 4 is 0 Å². The molecule has 2 aromatic rings. The van der Waals surface area contributed by atoms with Crippen molar-refractivity contribution in [3.63, 3.8) is 0 Å². The molecule has 0 saturated carbocycles. The highest BCUT2D eigenvalue weighted by Gasteiger charge is 2.35. The molecule has 1 fully saturated rings. The van der Waals surface area contributed by atoms with Crippen LogP contribution < -0.4 is 5.32 Å². The molecular formula is C17H21N3. The molecule has 0 amide bonds. The first kappa shape index (κ1) is 13.3. The molecule has 0 bridgehead atoms. The molecule has 0 spiro atoms. The molecule has 1 saturated heterocycles. The van der Waals surface area contributed by atoms with Gasteiger partial charge in [-0.15, -0.1) is 0 Å². The molecule has 3 nitrogen and oxygen atoms in total. The molecular weight excluding hydrogens is 246 g/mol. The standard InChI is InChI=1S/C17H21N3/c1-17(15-5-3-2-4-6-15,16-7-9-18-10-8-16)20-13-11-19-12-14-20/h2-10,19H,11-14H2,1H3. The second kappa shape index (κ2) is 5.73. The number of piperazine rings is 1. The van der Waals surface area contributed by atoms with Crippen molar-refractivity contribution in [3.8, 4) is 0 Å². The number of nitrogens with zero attached hydrogens (tertiary/aromatic N) is 2. The van der Waals surface area contributed by atoms with Gasteiger partial charge in [-0.2, -0.15) is 0 Å². The fraction of sp³-hybridized carbons (Fsp3) is 0.353. The average molecular weight is 267 g/mol. The number of benzene rings is 1. The van der Waals surface area contributed by atoms with Crippen LogP contribution >= 0.6 is 0 Å². The van der Waals surface area contributed by atoms with E-state index in [0.29, 0.717) is 0 Å². The number of pyridine rings is 1. The summed E-state index contributed by atoms with van der Waals surface area (Å²) in [5.41, 5.74) is 2.56. The Balaban J connectivity index is 2.07. The van der Waals surface area contributed by atoms with Crippen molar-refractivity contribution in [2.75, 3.05) is 26.2 Å². The van der Waals surface area contributed by atoms with Crippen LogP contribution in [0.25, 0.3) is 0 Å². The molecule has 3 rings (SSSR count). The van der Waals surface area contributed by atoms with Gasteiger partial charge in [0.15, 0.2) is 0 Å². The molecule has 0 radical (unpaired) electrons. The quantitative estimate of drug-likeness (QED) is 0.924. The number of rotatable bonds is 3. The number of hydrogen-bond acceptors (Lipinski definition) is 3. The van der Waals surface area contributed by atoms with E-state index < -0.39 is 0 Å². The summed E-state index contributed by atoms with van der Waals surface area (Å²) in [7, 11) is 0. The van der Waals surface area contributed by atoms with Crippen LogP contribution in [0.1, 0.15) is 18.1 Å². The van der Waals surface area contributed by atoms with Crippen molar-refractivity contribution in [1.82, 2.24) is 15.2 Å². The lowest BCUT2D eigenvalue weighted by atomic mass is 9.83. The van der Waals surface area contributed by atoms with E-state index in [2.05, 4.69) is 64.6 Å². The summed E-state index contributed by atoms with van der Waals surface area (Å²) in [5.74, 6) is 0. The van der Waals surface area contributed by atoms with Gasteiger partial charge in [0.1, 0.15) is 0 Å². The monoisotopic (exact) mass is 267 g/mol. The Morgan fingerprint density at radius 1 is 0.950 bits per heavy atom. The first-order chi connectivity index (χ1) is 9.82. The normalized spacial score (nSPS) is 19.4. The zero-order chi connectivity index (χ0) is 13.8. The van der Waals surface area contributed by atoms with Crippen LogP contribution in [0, 0.1) is 0 Å². The van der Waals surface area contributed by atoms with Crippen molar-refractivity contribution < 1.29 is 0 Å². The van der Waals surface area contributed by atoms with E-state index in [1.807, 2.05) is 12.4 Å². The third kappa shape index (κ3) is 2.35. The highest BCUT2D eigenvalue weighted by Crippen LogP contribution is 2.35. The minimum Gasteiger partial charge on any atom is -0.314 e. The highest BCUT2D eigenvalue weighted by molar-refractivity contribution is 5.36. The third-order valence-corrected chi connectivity index (χ3v) is 4.33. The Labute approximate surface area is 120 Å². The summed E-state index contributed by atoms with van der Waals surface area (Å²) in [4.78, 5) is 6.73. The molecule has 1 atom stereocenters. The zero-order valence-corrected chi connectivity index (χ0v) is 11.9. The Morgan fingerprint density at radius 2 is 1.55 bits per heavy atom. The van der Waals surface area contributed by atoms with E-state index in [9.17, 15) is 0 Å². The summed E-state index contributed by atoms with van der Waals surface area (Å²) >= 11 is 0. The summed E-state index contributed by atoms with van der Waals surface area (Å²) in [6.45, 7) is 6.55. The molecule has 0 aliphatic carbocycles. The van der Waals surface area contributed by atoms with Gasteiger partial charge in [0.25, 0.3) is 0 Å². The molecule has 104 valence electrons. The molecule has 1 aromatic heterocycles. The number of hydrogen-bond donors (Lipinski definition) is 1. The molecule has 1 N–H and O–H groups in total. The van der Waals surface area contributed by atoms with Gasteiger partial charge in [-0.05, 0) is 30.2 Å². The van der Waals surface area contributed by atoms with E-state index in [1.54, 1.807) is 0 Å². The van der Waals surface area contributed by atoms with E-state index in [-0.39, 0.29) is 5.54 Å². The van der Waals surface area contributed by atoms with Gasteiger partial charge in [0, 0.05) is 38.6 Å². The average Bonchev–Trinajstić information content (AvgIpc) is 2.56. The topological polar surface area (TPSA) is 28.2 Å². The third-order valence-electron chi connectivity index (χ3n) is 4.33. The van der Waals surface area contributed by atoms with Crippen molar-refractivity contribution in [1.29, 1.82) is 0 Å². The Bertz CT molecular complexity index is 493. The molecule has 1 aliphatic heterocycles. The van der Waals surface area contributed by atoms with Crippen molar-refractivity contribution in [2.45, 2.75) is 12.5 Å². The SMILES string of the molecule is CC(c1ccccc1)(c1ccncc1)N1CCNCC1. The molecule has 3 heteroatoms. The van der Waals surface area contributed by atoms with Crippen LogP contribution in [-0.4, -0.2) is 36.1 Å². The number of aromatic nitrogens is 1. The maximum Gasteiger partial charge on any atom is 0.0688 e. The highest BCUT2D eigenvalue weighted by atomic mass is 15.2. The molecule has 2 heterocycles. The zero-order valence-electron chi connectivity index (χ0n) is 11.9. The summed E-state index contributed by atoms with van der Waals surface area (Å²) in [5, 5.41) is 3.44. The maximum absolute atomic E-state index is 4.17. The predicted octanol–water partition coefficient (Wildman–Crippen LogP) is 2.25. The van der Waals surface area contributed by atoms with Gasteiger partial charge in [-0.1, -0.05) is 30.3 Å². The Kier molecular flexibility index (Phi) is 3.81. The van der Waals surface area contributed by atoms with Crippen LogP contribution in [0.2, 0.25) is 0 Å². The minimum atomic E-state index is -0.0910. The molecule has 1 aromatic carbocycles. The summed E-state index contributed by atoms with van der Waals surface area (Å²) in [6, 6.07) is 15.0. The molecule has 1 unspecified atom stereocenters. The maximum atomic E-state index is 4.17. The van der Waals surface area contributed by atoms with E-state index in [4.69, 9.17) is 0 Å². The van der Waals surface area contributed by atoms with E-state index in [0.717, 1.165) is 26.2 Å². The lowest BCUT2D eigenvalue weighted by molar-refractivity contribution is 0.120. The van der Waals surface area contributed by atoms with Crippen LogP contribution in [0.3, 0.4) is 0 Å². The van der Waals surface area contributed by atoms with E-state index in [1.165, 1.54) is 11.1 Å². The molecule has 20 heavy (non-hydrogen) atoms. The molecule has 1 aliphatic rings. The first-order valence-electron chi connectivity index (χ1n) is 7.23. The van der Waals surface area contributed by atoms with Crippen LogP contribution in [-0.2, 0) is 5.54 Å². The van der Waals surface area contributed by atoms with Crippen molar-refractivity contribution in [2.24, 2.45) is 0 Å². The van der Waals surface area contributed by atoms with Gasteiger partial charge in [0.05, 0.1) is 5.54 Å². The first-order valence-corrected chi connectivity index (χ1v) is 7.23. The second-order valence-corrected chi connectivity index (χ2v) is 5.41. The Hall–Kier alpha value is -1.71. The fourth-order valence-electron chi connectivity index (χ4n) is 3.08. The van der Waals surface area contributed by atoms with E-state index >= 15 is 0 Å². The van der Waals surface area contributed by atoms with Crippen molar-refractivity contribution in [3.05, 3.63) is 66.0 Å². The van der Waals surface area contributed by atoms with Gasteiger partial charge in [-0.3, -0.25) is 9.88 Å². The lowest BCUT2D eigenvalue weighted by Crippen LogP contribution is -2.53. The fourth-order valence-corrected chi connectivity index (χ4v) is 3.08. The second-order valence-electron chi connectivity index (χ2n) is 5.41. The summed E-state index contributed by atoms with van der Waals surface area (Å²) in [6.07, 6.45) is 3.78. The summed E-state index contributed by atoms with van der Waals surface area (Å²) < 4.78 is 0. The van der Waals surface area contributed by atoms with Gasteiger partial charge < -0.3 is 5.32 Å². The Morgan fingerprint density at radius 3 is 2.20 bits per heavy atom. The number of nitrogens with one attached hydrogen (secondary N) is 1. The van der Waals surface area contributed by atoms with Gasteiger partial charge in [0.2, 0.25) is 0 Å². The predicted molar refractivity (Wildman–Crippen MR) is 81.6 cm³/mol. The smallest absolute Gasteiger partial charge is 0.0688 e. The van der Waals surface area contributed by atoms with Gasteiger partial charge >= 0.3 is 0 Å².